The van der Waals surface area contributed by atoms with E-state index in [1.54, 1.807) is 18.3 Å². The first-order chi connectivity index (χ1) is 17.7. The first-order valence-electron chi connectivity index (χ1n) is 12.6. The number of benzene rings is 2. The zero-order chi connectivity index (χ0) is 24.7. The Bertz CT molecular complexity index is 1290. The van der Waals surface area contributed by atoms with Crippen molar-refractivity contribution >= 4 is 22.8 Å². The predicted molar refractivity (Wildman–Crippen MR) is 144 cm³/mol. The molecule has 1 aliphatic heterocycles. The number of carbonyl (C=O) groups is 1. The van der Waals surface area contributed by atoms with Crippen LogP contribution in [0.5, 0.6) is 0 Å². The number of nitrogens with zero attached hydrogens (tertiary/aromatic N) is 3. The number of hydrogen-bond donors (Lipinski definition) is 4. The maximum atomic E-state index is 11.7. The molecule has 1 saturated heterocycles. The SMILES string of the molecule is NC(=O)c1cccc2[nH]c(-c3ccc(NCCCC4CN(Cc5ccccc5)CCCN4)nc3)nc12. The molecule has 0 aliphatic carbocycles. The lowest BCUT2D eigenvalue weighted by Crippen LogP contribution is -2.37. The highest BCUT2D eigenvalue weighted by Crippen LogP contribution is 2.23. The number of H-pyrrole nitrogens is 1. The van der Waals surface area contributed by atoms with E-state index in [1.165, 1.54) is 12.0 Å². The van der Waals surface area contributed by atoms with Crippen LogP contribution in [0.25, 0.3) is 22.4 Å². The maximum Gasteiger partial charge on any atom is 0.250 e. The molecule has 0 radical (unpaired) electrons. The highest BCUT2D eigenvalue weighted by molar-refractivity contribution is 6.04. The molecule has 1 aliphatic rings. The summed E-state index contributed by atoms with van der Waals surface area (Å²) in [5.41, 5.74) is 9.48. The van der Waals surface area contributed by atoms with E-state index in [2.05, 4.69) is 60.8 Å². The number of nitrogens with one attached hydrogen (secondary N) is 3. The molecule has 8 heteroatoms. The average molecular weight is 484 g/mol. The van der Waals surface area contributed by atoms with Gasteiger partial charge < -0.3 is 21.4 Å². The number of aromatic nitrogens is 3. The molecule has 5 N–H and O–H groups in total. The van der Waals surface area contributed by atoms with Crippen LogP contribution in [0.2, 0.25) is 0 Å². The number of imidazole rings is 1. The summed E-state index contributed by atoms with van der Waals surface area (Å²) in [5.74, 6) is 1.02. The molecular weight excluding hydrogens is 450 g/mol. The van der Waals surface area contributed by atoms with Gasteiger partial charge in [-0.2, -0.15) is 0 Å². The number of hydrogen-bond acceptors (Lipinski definition) is 6. The molecule has 1 unspecified atom stereocenters. The Kier molecular flexibility index (Phi) is 7.54. The van der Waals surface area contributed by atoms with E-state index in [4.69, 9.17) is 5.73 Å². The summed E-state index contributed by atoms with van der Waals surface area (Å²) in [6, 6.07) is 20.5. The van der Waals surface area contributed by atoms with Crippen LogP contribution in [0, 0.1) is 0 Å². The van der Waals surface area contributed by atoms with Gasteiger partial charge in [-0.1, -0.05) is 36.4 Å². The Balaban J connectivity index is 1.12. The van der Waals surface area contributed by atoms with E-state index in [-0.39, 0.29) is 0 Å². The first-order valence-corrected chi connectivity index (χ1v) is 12.6. The third-order valence-electron chi connectivity index (χ3n) is 6.66. The van der Waals surface area contributed by atoms with E-state index in [0.29, 0.717) is 22.9 Å². The molecule has 5 rings (SSSR count). The van der Waals surface area contributed by atoms with E-state index in [1.807, 2.05) is 18.2 Å². The predicted octanol–water partition coefficient (Wildman–Crippen LogP) is 3.78. The fourth-order valence-electron chi connectivity index (χ4n) is 4.83. The zero-order valence-electron chi connectivity index (χ0n) is 20.4. The smallest absolute Gasteiger partial charge is 0.250 e. The molecule has 0 saturated carbocycles. The summed E-state index contributed by atoms with van der Waals surface area (Å²) in [7, 11) is 0. The van der Waals surface area contributed by atoms with Crippen molar-refractivity contribution in [2.24, 2.45) is 5.73 Å². The van der Waals surface area contributed by atoms with Gasteiger partial charge >= 0.3 is 0 Å². The third kappa shape index (κ3) is 5.90. The summed E-state index contributed by atoms with van der Waals surface area (Å²) >= 11 is 0. The van der Waals surface area contributed by atoms with Gasteiger partial charge in [-0.05, 0) is 62.2 Å². The van der Waals surface area contributed by atoms with Crippen molar-refractivity contribution in [3.8, 4) is 11.4 Å². The number of nitrogens with two attached hydrogens (primary N) is 1. The van der Waals surface area contributed by atoms with Gasteiger partial charge in [0.2, 0.25) is 0 Å². The minimum absolute atomic E-state index is 0.410. The number of anilines is 1. The molecule has 2 aromatic carbocycles. The summed E-state index contributed by atoms with van der Waals surface area (Å²) in [5, 5.41) is 7.16. The Morgan fingerprint density at radius 2 is 2.00 bits per heavy atom. The number of aromatic amines is 1. The zero-order valence-corrected chi connectivity index (χ0v) is 20.4. The van der Waals surface area contributed by atoms with Gasteiger partial charge in [-0.15, -0.1) is 0 Å². The standard InChI is InChI=1S/C28H33N7O/c29-27(36)23-10-4-11-24-26(23)34-28(33-24)21-12-13-25(32-17-21)31-14-5-9-22-19-35(16-6-15-30-22)18-20-7-2-1-3-8-20/h1-4,7-8,10-13,17,22,30H,5-6,9,14-16,18-19H2,(H2,29,36)(H,31,32)(H,33,34). The van der Waals surface area contributed by atoms with Crippen molar-refractivity contribution < 1.29 is 4.79 Å². The second-order valence-corrected chi connectivity index (χ2v) is 9.38. The lowest BCUT2D eigenvalue weighted by atomic mass is 10.1. The van der Waals surface area contributed by atoms with Crippen LogP contribution < -0.4 is 16.4 Å². The minimum Gasteiger partial charge on any atom is -0.370 e. The summed E-state index contributed by atoms with van der Waals surface area (Å²) < 4.78 is 0. The van der Waals surface area contributed by atoms with Gasteiger partial charge in [0, 0.05) is 37.4 Å². The highest BCUT2D eigenvalue weighted by Gasteiger charge is 2.17. The third-order valence-corrected chi connectivity index (χ3v) is 6.66. The Morgan fingerprint density at radius 1 is 1.11 bits per heavy atom. The first kappa shape index (κ1) is 24.0. The molecular formula is C28H33N7O. The van der Waals surface area contributed by atoms with Gasteiger partial charge in [0.05, 0.1) is 11.1 Å². The van der Waals surface area contributed by atoms with Crippen LogP contribution in [-0.2, 0) is 6.54 Å². The number of fused-ring (bicyclic) bond motifs is 1. The van der Waals surface area contributed by atoms with Crippen molar-refractivity contribution in [1.29, 1.82) is 0 Å². The molecule has 36 heavy (non-hydrogen) atoms. The van der Waals surface area contributed by atoms with Gasteiger partial charge in [0.15, 0.2) is 0 Å². The highest BCUT2D eigenvalue weighted by atomic mass is 16.1. The summed E-state index contributed by atoms with van der Waals surface area (Å²) in [6.07, 6.45) is 5.17. The molecule has 4 aromatic rings. The lowest BCUT2D eigenvalue weighted by molar-refractivity contribution is 0.100. The van der Waals surface area contributed by atoms with Crippen LogP contribution in [0.3, 0.4) is 0 Å². The van der Waals surface area contributed by atoms with E-state index in [0.717, 1.165) is 62.5 Å². The minimum atomic E-state index is -0.487. The van der Waals surface area contributed by atoms with Crippen LogP contribution in [0.1, 0.15) is 35.2 Å². The van der Waals surface area contributed by atoms with Gasteiger partial charge in [-0.25, -0.2) is 9.97 Å². The largest absolute Gasteiger partial charge is 0.370 e. The number of pyridine rings is 1. The molecule has 0 spiro atoms. The van der Waals surface area contributed by atoms with Crippen molar-refractivity contribution in [1.82, 2.24) is 25.2 Å². The molecule has 1 fully saturated rings. The summed E-state index contributed by atoms with van der Waals surface area (Å²) in [6.45, 7) is 5.19. The van der Waals surface area contributed by atoms with E-state index >= 15 is 0 Å². The number of rotatable bonds is 9. The van der Waals surface area contributed by atoms with Gasteiger partial charge in [-0.3, -0.25) is 9.69 Å². The molecule has 2 aromatic heterocycles. The number of carbonyl (C=O) groups excluding carboxylic acids is 1. The quantitative estimate of drug-likeness (QED) is 0.270. The van der Waals surface area contributed by atoms with Crippen molar-refractivity contribution in [2.75, 3.05) is 31.5 Å². The van der Waals surface area contributed by atoms with Crippen LogP contribution in [-0.4, -0.2) is 58.0 Å². The maximum absolute atomic E-state index is 11.7. The van der Waals surface area contributed by atoms with E-state index < -0.39 is 5.91 Å². The second-order valence-electron chi connectivity index (χ2n) is 9.38. The summed E-state index contributed by atoms with van der Waals surface area (Å²) in [4.78, 5) is 26.6. The average Bonchev–Trinajstić information content (AvgIpc) is 3.22. The fraction of sp³-hybridized carbons (Fsp3) is 0.321. The van der Waals surface area contributed by atoms with Gasteiger partial charge in [0.25, 0.3) is 5.91 Å². The fourth-order valence-corrected chi connectivity index (χ4v) is 4.83. The monoisotopic (exact) mass is 483 g/mol. The Labute approximate surface area is 211 Å². The molecule has 8 nitrogen and oxygen atoms in total. The molecule has 0 bridgehead atoms. The van der Waals surface area contributed by atoms with Crippen LogP contribution >= 0.6 is 0 Å². The van der Waals surface area contributed by atoms with Crippen molar-refractivity contribution in [3.05, 3.63) is 78.0 Å². The Morgan fingerprint density at radius 3 is 2.81 bits per heavy atom. The van der Waals surface area contributed by atoms with Crippen molar-refractivity contribution in [3.63, 3.8) is 0 Å². The van der Waals surface area contributed by atoms with E-state index in [9.17, 15) is 4.79 Å². The molecule has 3 heterocycles. The Hall–Kier alpha value is -3.75. The number of para-hydroxylation sites is 1. The topological polar surface area (TPSA) is 112 Å². The second kappa shape index (κ2) is 11.3. The molecule has 1 atom stereocenters. The van der Waals surface area contributed by atoms with Crippen LogP contribution in [0.4, 0.5) is 5.82 Å². The number of primary amides is 1. The van der Waals surface area contributed by atoms with Crippen molar-refractivity contribution in [2.45, 2.75) is 31.8 Å². The molecule has 1 amide bonds. The molecule has 186 valence electrons. The van der Waals surface area contributed by atoms with Gasteiger partial charge in [0.1, 0.15) is 17.2 Å². The number of amides is 1. The van der Waals surface area contributed by atoms with Crippen LogP contribution in [0.15, 0.2) is 66.9 Å². The normalized spacial score (nSPS) is 16.6. The lowest BCUT2D eigenvalue weighted by Gasteiger charge is -2.24.